The molecule has 5 rings (SSSR count). The van der Waals surface area contributed by atoms with Crippen LogP contribution in [-0.4, -0.2) is 58.9 Å². The monoisotopic (exact) mass is 560 g/mol. The van der Waals surface area contributed by atoms with Gasteiger partial charge in [0.15, 0.2) is 6.10 Å². The normalized spacial score (nSPS) is 45.7. The number of fused-ring (bicyclic) bond motifs is 5. The van der Waals surface area contributed by atoms with Crippen LogP contribution in [0.1, 0.15) is 105 Å². The molecule has 0 radical (unpaired) electrons. The number of hydrogen-bond acceptors (Lipinski definition) is 6. The number of hydrogen-bond donors (Lipinski definition) is 3. The van der Waals surface area contributed by atoms with Crippen LogP contribution in [0, 0.1) is 52.3 Å². The van der Waals surface area contributed by atoms with Crippen molar-refractivity contribution in [2.75, 3.05) is 13.2 Å². The van der Waals surface area contributed by atoms with Crippen LogP contribution in [0.15, 0.2) is 11.6 Å². The average Bonchev–Trinajstić information content (AvgIpc) is 3.27. The topological polar surface area (TPSA) is 96.2 Å². The van der Waals surface area contributed by atoms with E-state index in [-0.39, 0.29) is 24.5 Å². The summed E-state index contributed by atoms with van der Waals surface area (Å²) >= 11 is 0. The molecule has 3 saturated carbocycles. The molecule has 40 heavy (non-hydrogen) atoms. The predicted molar refractivity (Wildman–Crippen MR) is 155 cm³/mol. The quantitative estimate of drug-likeness (QED) is 0.262. The summed E-state index contributed by atoms with van der Waals surface area (Å²) in [6.07, 6.45) is 11.8. The number of rotatable bonds is 8. The van der Waals surface area contributed by atoms with Gasteiger partial charge in [0, 0.05) is 12.3 Å². The van der Waals surface area contributed by atoms with Crippen LogP contribution in [0.25, 0.3) is 0 Å². The fraction of sp³-hybridized carbons (Fsp3) is 0.912. The third-order valence-electron chi connectivity index (χ3n) is 12.7. The molecule has 0 unspecified atom stereocenters. The summed E-state index contributed by atoms with van der Waals surface area (Å²) in [6, 6.07) is 0. The van der Waals surface area contributed by atoms with Gasteiger partial charge in [-0.25, -0.2) is 0 Å². The molecule has 0 spiro atoms. The number of carbonyl (C=O) groups is 1. The second-order valence-corrected chi connectivity index (χ2v) is 15.1. The molecule has 1 aliphatic heterocycles. The first-order valence-electron chi connectivity index (χ1n) is 16.5. The zero-order valence-electron chi connectivity index (χ0n) is 25.7. The van der Waals surface area contributed by atoms with E-state index in [1.165, 1.54) is 57.4 Å². The Morgan fingerprint density at radius 2 is 1.85 bits per heavy atom. The molecule has 0 aromatic carbocycles. The van der Waals surface area contributed by atoms with E-state index in [1.807, 2.05) is 0 Å². The zero-order chi connectivity index (χ0) is 28.8. The summed E-state index contributed by atoms with van der Waals surface area (Å²) in [6.45, 7) is 11.4. The molecule has 0 aromatic rings. The molecule has 4 fully saturated rings. The maximum atomic E-state index is 11.4. The largest absolute Gasteiger partial charge is 0.457 e. The molecule has 4 aliphatic carbocycles. The summed E-state index contributed by atoms with van der Waals surface area (Å²) < 4.78 is 11.2. The Bertz CT molecular complexity index is 931. The molecule has 12 atom stereocenters. The Kier molecular flexibility index (Phi) is 9.13. The molecular formula is C34H56O6. The van der Waals surface area contributed by atoms with E-state index in [2.05, 4.69) is 33.8 Å². The average molecular weight is 561 g/mol. The smallest absolute Gasteiger partial charge is 0.303 e. The lowest BCUT2D eigenvalue weighted by Gasteiger charge is -2.59. The molecule has 3 N–H and O–H groups in total. The molecule has 1 saturated heterocycles. The van der Waals surface area contributed by atoms with Crippen molar-refractivity contribution in [3.05, 3.63) is 11.6 Å². The van der Waals surface area contributed by atoms with E-state index in [0.29, 0.717) is 17.3 Å². The van der Waals surface area contributed by atoms with Crippen LogP contribution in [-0.2, 0) is 14.3 Å². The number of esters is 1. The van der Waals surface area contributed by atoms with Crippen LogP contribution < -0.4 is 0 Å². The van der Waals surface area contributed by atoms with Crippen LogP contribution in [0.3, 0.4) is 0 Å². The van der Waals surface area contributed by atoms with E-state index < -0.39 is 30.4 Å². The van der Waals surface area contributed by atoms with Crippen molar-refractivity contribution in [2.24, 2.45) is 52.3 Å². The van der Waals surface area contributed by atoms with Crippen molar-refractivity contribution in [3.63, 3.8) is 0 Å². The van der Waals surface area contributed by atoms with Gasteiger partial charge in [-0.2, -0.15) is 0 Å². The Balaban J connectivity index is 1.28. The summed E-state index contributed by atoms with van der Waals surface area (Å²) in [4.78, 5) is 11.4. The van der Waals surface area contributed by atoms with Gasteiger partial charge in [-0.05, 0) is 98.2 Å². The summed E-state index contributed by atoms with van der Waals surface area (Å²) in [7, 11) is 0. The highest BCUT2D eigenvalue weighted by molar-refractivity contribution is 5.66. The first-order valence-corrected chi connectivity index (χ1v) is 16.5. The highest BCUT2D eigenvalue weighted by Gasteiger charge is 2.60. The molecule has 6 nitrogen and oxygen atoms in total. The van der Waals surface area contributed by atoms with Gasteiger partial charge >= 0.3 is 5.97 Å². The van der Waals surface area contributed by atoms with E-state index in [4.69, 9.17) is 9.47 Å². The molecular weight excluding hydrogens is 504 g/mol. The molecule has 0 amide bonds. The van der Waals surface area contributed by atoms with Crippen molar-refractivity contribution < 1.29 is 29.6 Å². The van der Waals surface area contributed by atoms with Crippen molar-refractivity contribution in [3.8, 4) is 0 Å². The van der Waals surface area contributed by atoms with E-state index in [1.54, 1.807) is 0 Å². The molecule has 228 valence electrons. The second-order valence-electron chi connectivity index (χ2n) is 15.1. The molecule has 0 bridgehead atoms. The predicted octanol–water partition coefficient (Wildman–Crippen LogP) is 5.67. The Hall–Kier alpha value is -0.950. The fourth-order valence-electron chi connectivity index (χ4n) is 10.6. The lowest BCUT2D eigenvalue weighted by Crippen LogP contribution is -2.58. The van der Waals surface area contributed by atoms with Gasteiger partial charge in [-0.1, -0.05) is 58.6 Å². The van der Waals surface area contributed by atoms with Crippen molar-refractivity contribution in [1.29, 1.82) is 0 Å². The maximum absolute atomic E-state index is 11.4. The summed E-state index contributed by atoms with van der Waals surface area (Å²) in [5, 5.41) is 32.6. The minimum absolute atomic E-state index is 0.0850. The van der Waals surface area contributed by atoms with Gasteiger partial charge in [0.25, 0.3) is 0 Å². The molecule has 0 aromatic heterocycles. The first kappa shape index (κ1) is 30.5. The number of aliphatic hydroxyl groups excluding tert-OH is 3. The van der Waals surface area contributed by atoms with Gasteiger partial charge in [0.1, 0.15) is 12.2 Å². The SMILES string of the molecule is CC(=O)O[C@@H]1CO[C@@H]([C@H]2CC[C@@]3(CO)C(=CC[C@@H]4[C@@H]3CC[C@]3(C)[C@@H]([C@H](C)CCCC(C)C)CC[C@@H]43)C2)[C@@H](O)[C@@H]1O. The first-order chi connectivity index (χ1) is 19.0. The van der Waals surface area contributed by atoms with Crippen LogP contribution in [0.4, 0.5) is 0 Å². The Morgan fingerprint density at radius 3 is 2.55 bits per heavy atom. The lowest BCUT2D eigenvalue weighted by molar-refractivity contribution is -0.216. The number of allylic oxidation sites excluding steroid dienone is 1. The molecule has 6 heteroatoms. The zero-order valence-corrected chi connectivity index (χ0v) is 25.7. The Morgan fingerprint density at radius 1 is 1.07 bits per heavy atom. The lowest BCUT2D eigenvalue weighted by atomic mass is 9.46. The van der Waals surface area contributed by atoms with Gasteiger partial charge in [0.2, 0.25) is 0 Å². The van der Waals surface area contributed by atoms with E-state index in [9.17, 15) is 20.1 Å². The van der Waals surface area contributed by atoms with Crippen molar-refractivity contribution in [2.45, 2.75) is 130 Å². The van der Waals surface area contributed by atoms with Crippen molar-refractivity contribution in [1.82, 2.24) is 0 Å². The minimum atomic E-state index is -1.14. The van der Waals surface area contributed by atoms with Crippen molar-refractivity contribution >= 4 is 5.97 Å². The highest BCUT2D eigenvalue weighted by atomic mass is 16.6. The van der Waals surface area contributed by atoms with Gasteiger partial charge in [-0.3, -0.25) is 4.79 Å². The third-order valence-corrected chi connectivity index (χ3v) is 12.7. The fourth-order valence-corrected chi connectivity index (χ4v) is 10.6. The summed E-state index contributed by atoms with van der Waals surface area (Å²) in [5.41, 5.74) is 1.63. The molecule has 1 heterocycles. The number of ether oxygens (including phenoxy) is 2. The maximum Gasteiger partial charge on any atom is 0.303 e. The molecule has 5 aliphatic rings. The van der Waals surface area contributed by atoms with Crippen LogP contribution in [0.5, 0.6) is 0 Å². The van der Waals surface area contributed by atoms with Crippen LogP contribution >= 0.6 is 0 Å². The second kappa shape index (κ2) is 12.0. The van der Waals surface area contributed by atoms with Gasteiger partial charge in [0.05, 0.1) is 19.3 Å². The minimum Gasteiger partial charge on any atom is -0.457 e. The standard InChI is InChI=1S/C34H56O6/c1-20(2)7-6-8-21(3)26-11-12-27-25-10-9-24-17-23(32-31(38)30(37)29(18-39-32)40-22(4)36)13-16-34(24,19-35)28(25)14-15-33(26,27)5/h9,20-21,23,25-32,35,37-38H,6-8,10-19H2,1-5H3/t21-,23+,25+,26-,27+,28+,29-,30-,31+,32+,33-,34-/m1/s1. The van der Waals surface area contributed by atoms with Crippen LogP contribution in [0.2, 0.25) is 0 Å². The number of aliphatic hydroxyl groups is 3. The van der Waals surface area contributed by atoms with E-state index >= 15 is 0 Å². The summed E-state index contributed by atoms with van der Waals surface area (Å²) in [5.74, 6) is 3.94. The highest BCUT2D eigenvalue weighted by Crippen LogP contribution is 2.67. The number of carbonyl (C=O) groups excluding carboxylic acids is 1. The Labute approximate surface area is 242 Å². The third kappa shape index (κ3) is 5.33. The van der Waals surface area contributed by atoms with E-state index in [0.717, 1.165) is 49.4 Å². The van der Waals surface area contributed by atoms with Gasteiger partial charge < -0.3 is 24.8 Å². The van der Waals surface area contributed by atoms with Gasteiger partial charge in [-0.15, -0.1) is 0 Å².